The van der Waals surface area contributed by atoms with Crippen LogP contribution in [-0.2, 0) is 22.6 Å². The Morgan fingerprint density at radius 3 is 1.39 bits per heavy atom. The summed E-state index contributed by atoms with van der Waals surface area (Å²) >= 11 is 0. The van der Waals surface area contributed by atoms with Crippen molar-refractivity contribution in [1.29, 1.82) is 0 Å². The van der Waals surface area contributed by atoms with Gasteiger partial charge in [-0.1, -0.05) is 24.3 Å². The summed E-state index contributed by atoms with van der Waals surface area (Å²) in [4.78, 5) is 75.0. The molecule has 56 heavy (non-hydrogen) atoms. The molecule has 12 nitrogen and oxygen atoms in total. The molecule has 2 amide bonds. The molecule has 0 radical (unpaired) electrons. The van der Waals surface area contributed by atoms with Crippen molar-refractivity contribution in [3.63, 3.8) is 0 Å². The van der Waals surface area contributed by atoms with Gasteiger partial charge in [-0.3, -0.25) is 28.8 Å². The van der Waals surface area contributed by atoms with Gasteiger partial charge in [0.05, 0.1) is 25.3 Å². The molecule has 4 aromatic rings. The highest BCUT2D eigenvalue weighted by Gasteiger charge is 2.40. The Morgan fingerprint density at radius 1 is 0.661 bits per heavy atom. The molecule has 0 bridgehead atoms. The maximum atomic E-state index is 13.5. The van der Waals surface area contributed by atoms with Crippen LogP contribution in [-0.4, -0.2) is 72.0 Å². The minimum Gasteiger partial charge on any atom is -0.378 e. The van der Waals surface area contributed by atoms with Gasteiger partial charge in [0.25, 0.3) is 22.9 Å². The maximum absolute atomic E-state index is 13.5. The number of carbonyl (C=O) groups is 4. The minimum atomic E-state index is -0.564. The number of Topliss-reactive ketones (excluding diaryl/α,β-unsaturated/α-hetero) is 2. The van der Waals surface area contributed by atoms with Gasteiger partial charge in [-0.15, -0.1) is 0 Å². The second-order valence-electron chi connectivity index (χ2n) is 13.8. The average molecular weight is 773 g/mol. The van der Waals surface area contributed by atoms with Crippen LogP contribution in [0.1, 0.15) is 92.1 Å². The molecule has 2 aromatic heterocycles. The van der Waals surface area contributed by atoms with Crippen LogP contribution in [0.5, 0.6) is 0 Å². The minimum absolute atomic E-state index is 0.0622. The quantitative estimate of drug-likeness (QED) is 0.154. The van der Waals surface area contributed by atoms with Crippen LogP contribution in [0.2, 0.25) is 0 Å². The third kappa shape index (κ3) is 10.8. The number of nitrogens with one attached hydrogen (secondary N) is 2. The van der Waals surface area contributed by atoms with Gasteiger partial charge in [-0.2, -0.15) is 0 Å². The van der Waals surface area contributed by atoms with Crippen molar-refractivity contribution in [2.75, 3.05) is 27.3 Å². The van der Waals surface area contributed by atoms with E-state index in [0.29, 0.717) is 37.2 Å². The maximum Gasteiger partial charge on any atom is 0.263 e. The van der Waals surface area contributed by atoms with E-state index in [9.17, 15) is 37.5 Å². The summed E-state index contributed by atoms with van der Waals surface area (Å²) in [6.45, 7) is 5.16. The highest BCUT2D eigenvalue weighted by Crippen LogP contribution is 2.38. The zero-order valence-corrected chi connectivity index (χ0v) is 31.8. The Bertz CT molecular complexity index is 2060. The van der Waals surface area contributed by atoms with Gasteiger partial charge in [-0.25, -0.2) is 8.78 Å². The number of hydrogen-bond donors (Lipinski definition) is 2. The first-order chi connectivity index (χ1) is 26.8. The second-order valence-corrected chi connectivity index (χ2v) is 13.8. The van der Waals surface area contributed by atoms with Gasteiger partial charge in [0.2, 0.25) is 0 Å². The van der Waals surface area contributed by atoms with Gasteiger partial charge in [-0.05, 0) is 86.1 Å². The number of benzene rings is 2. The highest BCUT2D eigenvalue weighted by atomic mass is 19.1. The van der Waals surface area contributed by atoms with E-state index < -0.39 is 34.6 Å². The summed E-state index contributed by atoms with van der Waals surface area (Å²) in [5.41, 5.74) is 0.427. The van der Waals surface area contributed by atoms with Crippen LogP contribution in [0, 0.1) is 23.5 Å². The molecular weight excluding hydrogens is 726 g/mol. The van der Waals surface area contributed by atoms with E-state index >= 15 is 0 Å². The second kappa shape index (κ2) is 18.8. The fourth-order valence-electron chi connectivity index (χ4n) is 6.49. The van der Waals surface area contributed by atoms with Crippen LogP contribution >= 0.6 is 0 Å². The lowest BCUT2D eigenvalue weighted by Crippen LogP contribution is -2.32. The van der Waals surface area contributed by atoms with Crippen molar-refractivity contribution < 1.29 is 37.4 Å². The molecule has 0 spiro atoms. The van der Waals surface area contributed by atoms with Crippen LogP contribution in [0.25, 0.3) is 0 Å². The highest BCUT2D eigenvalue weighted by molar-refractivity contribution is 6.01. The van der Waals surface area contributed by atoms with Crippen LogP contribution < -0.4 is 21.8 Å². The lowest BCUT2D eigenvalue weighted by atomic mass is 10.0. The molecule has 2 aliphatic rings. The molecule has 2 fully saturated rings. The van der Waals surface area contributed by atoms with Gasteiger partial charge in [0.15, 0.2) is 11.6 Å². The fourth-order valence-corrected chi connectivity index (χ4v) is 6.49. The summed E-state index contributed by atoms with van der Waals surface area (Å²) in [5, 5.41) is 4.84. The van der Waals surface area contributed by atoms with Crippen molar-refractivity contribution in [2.45, 2.75) is 64.8 Å². The zero-order chi connectivity index (χ0) is 40.5. The van der Waals surface area contributed by atoms with Crippen LogP contribution in [0.15, 0.2) is 82.6 Å². The first kappa shape index (κ1) is 41.6. The number of hydrogen-bond acceptors (Lipinski definition) is 8. The fraction of sp³-hybridized carbons (Fsp3) is 0.381. The molecule has 2 saturated carbocycles. The molecule has 296 valence electrons. The first-order valence-electron chi connectivity index (χ1n) is 18.6. The molecular formula is C42H46F2N4O8. The molecule has 0 aliphatic heterocycles. The monoisotopic (exact) mass is 772 g/mol. The average Bonchev–Trinajstić information content (AvgIpc) is 4.10. The molecule has 2 aliphatic carbocycles. The van der Waals surface area contributed by atoms with Gasteiger partial charge in [0, 0.05) is 63.7 Å². The largest absolute Gasteiger partial charge is 0.378 e. The number of halogens is 2. The topological polar surface area (TPSA) is 155 Å². The molecule has 6 rings (SSSR count). The number of aromatic nitrogens is 2. The normalized spacial score (nSPS) is 18.0. The number of amides is 2. The third-order valence-corrected chi connectivity index (χ3v) is 9.62. The Kier molecular flexibility index (Phi) is 14.0. The number of ketones is 2. The predicted molar refractivity (Wildman–Crippen MR) is 204 cm³/mol. The van der Waals surface area contributed by atoms with E-state index in [4.69, 9.17) is 9.47 Å². The molecule has 14 heteroatoms. The van der Waals surface area contributed by atoms with Crippen molar-refractivity contribution >= 4 is 23.4 Å². The lowest BCUT2D eigenvalue weighted by Gasteiger charge is -2.11. The third-order valence-electron chi connectivity index (χ3n) is 9.62. The number of rotatable bonds is 16. The SMILES string of the molecule is CCO[C@@H]1C[C@H]1CC(=O)c1cc(C(=O)NC)c(=O)n(Cc2cccc(F)c2)c1.CCO[C@H]1C[C@@H]1CC(=O)c1cc(C(=O)NC)c(=O)n(Cc2cccc(F)c2)c1. The zero-order valence-electron chi connectivity index (χ0n) is 31.8. The lowest BCUT2D eigenvalue weighted by molar-refractivity contribution is 0.0924. The number of pyridine rings is 2. The van der Waals surface area contributed by atoms with E-state index in [-0.39, 0.29) is 71.0 Å². The number of ether oxygens (including phenoxy) is 2. The summed E-state index contributed by atoms with van der Waals surface area (Å²) in [6, 6.07) is 14.4. The molecule has 0 saturated heterocycles. The van der Waals surface area contributed by atoms with Crippen molar-refractivity contribution in [1.82, 2.24) is 19.8 Å². The molecule has 2 heterocycles. The van der Waals surface area contributed by atoms with Crippen LogP contribution in [0.4, 0.5) is 8.78 Å². The standard InChI is InChI=1S/2C21H23FN2O4/c2*1-3-28-19-10-14(19)9-18(25)15-8-17(20(26)23-2)21(27)24(12-15)11-13-5-4-6-16(22)7-13/h2*4-8,12,14,19H,3,9-11H2,1-2H3,(H,23,26)/t2*14-,19-/m10/s1. The van der Waals surface area contributed by atoms with Crippen LogP contribution in [0.3, 0.4) is 0 Å². The summed E-state index contributed by atoms with van der Waals surface area (Å²) in [5.74, 6) is -1.92. The summed E-state index contributed by atoms with van der Waals surface area (Å²) in [7, 11) is 2.84. The Labute approximate surface area is 322 Å². The predicted octanol–water partition coefficient (Wildman–Crippen LogP) is 4.79. The van der Waals surface area contributed by atoms with Gasteiger partial charge < -0.3 is 29.2 Å². The summed E-state index contributed by atoms with van der Waals surface area (Å²) < 4.78 is 40.5. The Morgan fingerprint density at radius 2 is 1.05 bits per heavy atom. The van der Waals surface area contributed by atoms with E-state index in [2.05, 4.69) is 10.6 Å². The first-order valence-corrected chi connectivity index (χ1v) is 18.6. The van der Waals surface area contributed by atoms with E-state index in [1.165, 1.54) is 72.0 Å². The summed E-state index contributed by atoms with van der Waals surface area (Å²) in [6.07, 6.45) is 5.37. The van der Waals surface area contributed by atoms with Crippen molar-refractivity contribution in [2.24, 2.45) is 11.8 Å². The molecule has 0 unspecified atom stereocenters. The Balaban J connectivity index is 0.000000214. The Hall–Kier alpha value is -5.60. The van der Waals surface area contributed by atoms with Gasteiger partial charge >= 0.3 is 0 Å². The van der Waals surface area contributed by atoms with E-state index in [0.717, 1.165) is 12.8 Å². The van der Waals surface area contributed by atoms with Crippen molar-refractivity contribution in [3.8, 4) is 0 Å². The van der Waals surface area contributed by atoms with Crippen molar-refractivity contribution in [3.05, 3.63) is 139 Å². The molecule has 2 aromatic carbocycles. The number of nitrogens with zero attached hydrogens (tertiary/aromatic N) is 2. The van der Waals surface area contributed by atoms with Gasteiger partial charge in [0.1, 0.15) is 22.8 Å². The van der Waals surface area contributed by atoms with E-state index in [1.807, 2.05) is 13.8 Å². The number of carbonyl (C=O) groups excluding carboxylic acids is 4. The molecule has 2 N–H and O–H groups in total. The molecule has 4 atom stereocenters. The van der Waals surface area contributed by atoms with E-state index in [1.54, 1.807) is 24.3 Å². The smallest absolute Gasteiger partial charge is 0.263 e.